The molecule has 144 valence electrons. The van der Waals surface area contributed by atoms with Crippen LogP contribution in [0.3, 0.4) is 0 Å². The number of nitrogens with zero attached hydrogens (tertiary/aromatic N) is 3. The molecule has 1 amide bonds. The normalized spacial score (nSPS) is 17.0. The second kappa shape index (κ2) is 9.06. The molecule has 27 heavy (non-hydrogen) atoms. The maximum absolute atomic E-state index is 14.2. The van der Waals surface area contributed by atoms with Crippen LogP contribution in [0, 0.1) is 5.82 Å². The zero-order valence-electron chi connectivity index (χ0n) is 15.9. The summed E-state index contributed by atoms with van der Waals surface area (Å²) in [6.45, 7) is 2.76. The Morgan fingerprint density at radius 1 is 1.22 bits per heavy atom. The molecule has 5 nitrogen and oxygen atoms in total. The van der Waals surface area contributed by atoms with E-state index in [-0.39, 0.29) is 17.8 Å². The first-order chi connectivity index (χ1) is 13.0. The number of carbonyl (C=O) groups excluding carboxylic acids is 1. The van der Waals surface area contributed by atoms with Crippen LogP contribution in [0.15, 0.2) is 48.8 Å². The third kappa shape index (κ3) is 5.11. The van der Waals surface area contributed by atoms with Gasteiger partial charge in [0.25, 0.3) is 0 Å². The zero-order chi connectivity index (χ0) is 19.2. The number of benzene rings is 1. The molecule has 0 spiro atoms. The van der Waals surface area contributed by atoms with Gasteiger partial charge in [-0.05, 0) is 50.7 Å². The SMILES string of the molecule is CN(C)[C@@H](C(=O)NC1CCN(Cc2ccncc2)CC1)c1ccccc1F. The molecule has 1 aliphatic heterocycles. The van der Waals surface area contributed by atoms with Crippen LogP contribution in [0.4, 0.5) is 4.39 Å². The van der Waals surface area contributed by atoms with Gasteiger partial charge in [0.05, 0.1) is 0 Å². The second-order valence-corrected chi connectivity index (χ2v) is 7.30. The highest BCUT2D eigenvalue weighted by Gasteiger charge is 2.28. The van der Waals surface area contributed by atoms with Crippen molar-refractivity contribution in [1.29, 1.82) is 0 Å². The molecule has 0 aliphatic carbocycles. The van der Waals surface area contributed by atoms with Gasteiger partial charge in [0.15, 0.2) is 0 Å². The first-order valence-electron chi connectivity index (χ1n) is 9.37. The Bertz CT molecular complexity index is 745. The minimum atomic E-state index is -0.624. The van der Waals surface area contributed by atoms with Gasteiger partial charge in [0.1, 0.15) is 11.9 Å². The van der Waals surface area contributed by atoms with Crippen molar-refractivity contribution in [2.24, 2.45) is 0 Å². The number of likely N-dealkylation sites (N-methyl/N-ethyl adjacent to an activating group) is 1. The Hall–Kier alpha value is -2.31. The Balaban J connectivity index is 1.56. The van der Waals surface area contributed by atoms with Gasteiger partial charge in [-0.1, -0.05) is 18.2 Å². The van der Waals surface area contributed by atoms with Crippen molar-refractivity contribution in [3.05, 3.63) is 65.7 Å². The number of nitrogens with one attached hydrogen (secondary N) is 1. The summed E-state index contributed by atoms with van der Waals surface area (Å²) in [4.78, 5) is 21.0. The fraction of sp³-hybridized carbons (Fsp3) is 0.429. The van der Waals surface area contributed by atoms with Gasteiger partial charge in [0, 0.05) is 43.6 Å². The second-order valence-electron chi connectivity index (χ2n) is 7.30. The monoisotopic (exact) mass is 370 g/mol. The molecule has 1 aromatic carbocycles. The van der Waals surface area contributed by atoms with E-state index in [1.165, 1.54) is 11.6 Å². The Morgan fingerprint density at radius 2 is 1.89 bits per heavy atom. The topological polar surface area (TPSA) is 48.5 Å². The minimum absolute atomic E-state index is 0.125. The van der Waals surface area contributed by atoms with E-state index in [0.717, 1.165) is 32.5 Å². The fourth-order valence-electron chi connectivity index (χ4n) is 3.61. The predicted molar refractivity (Wildman–Crippen MR) is 104 cm³/mol. The van der Waals surface area contributed by atoms with Crippen molar-refractivity contribution in [3.63, 3.8) is 0 Å². The highest BCUT2D eigenvalue weighted by atomic mass is 19.1. The molecule has 1 atom stereocenters. The van der Waals surface area contributed by atoms with Gasteiger partial charge in [-0.3, -0.25) is 19.6 Å². The van der Waals surface area contributed by atoms with Gasteiger partial charge >= 0.3 is 0 Å². The number of piperidine rings is 1. The lowest BCUT2D eigenvalue weighted by Crippen LogP contribution is -2.47. The van der Waals surface area contributed by atoms with E-state index < -0.39 is 6.04 Å². The molecule has 0 saturated carbocycles. The van der Waals surface area contributed by atoms with Crippen LogP contribution in [0.25, 0.3) is 0 Å². The summed E-state index contributed by atoms with van der Waals surface area (Å²) >= 11 is 0. The van der Waals surface area contributed by atoms with E-state index in [4.69, 9.17) is 0 Å². The standard InChI is InChI=1S/C21H27FN4O/c1-25(2)20(18-5-3-4-6-19(18)22)21(27)24-17-9-13-26(14-10-17)15-16-7-11-23-12-8-16/h3-8,11-12,17,20H,9-10,13-15H2,1-2H3,(H,24,27)/t20-/m1/s1. The molecule has 0 bridgehead atoms. The summed E-state index contributed by atoms with van der Waals surface area (Å²) in [6.07, 6.45) is 5.42. The van der Waals surface area contributed by atoms with E-state index in [1.54, 1.807) is 37.2 Å². The van der Waals surface area contributed by atoms with Crippen LogP contribution in [-0.4, -0.2) is 53.9 Å². The summed E-state index contributed by atoms with van der Waals surface area (Å²) < 4.78 is 14.2. The summed E-state index contributed by atoms with van der Waals surface area (Å²) in [5, 5.41) is 3.13. The predicted octanol–water partition coefficient (Wildman–Crippen LogP) is 2.60. The molecular weight excluding hydrogens is 343 g/mol. The Labute approximate surface area is 160 Å². The van der Waals surface area contributed by atoms with Gasteiger partial charge in [-0.2, -0.15) is 0 Å². The van der Waals surface area contributed by atoms with Gasteiger partial charge < -0.3 is 5.32 Å². The van der Waals surface area contributed by atoms with Crippen molar-refractivity contribution in [2.45, 2.75) is 31.5 Å². The minimum Gasteiger partial charge on any atom is -0.352 e. The smallest absolute Gasteiger partial charge is 0.242 e. The highest BCUT2D eigenvalue weighted by Crippen LogP contribution is 2.22. The number of carbonyl (C=O) groups is 1. The molecule has 1 aliphatic rings. The maximum atomic E-state index is 14.2. The van der Waals surface area contributed by atoms with Crippen molar-refractivity contribution in [3.8, 4) is 0 Å². The van der Waals surface area contributed by atoms with Gasteiger partial charge in [-0.25, -0.2) is 4.39 Å². The molecule has 6 heteroatoms. The largest absolute Gasteiger partial charge is 0.352 e. The van der Waals surface area contributed by atoms with Crippen LogP contribution < -0.4 is 5.32 Å². The number of likely N-dealkylation sites (tertiary alicyclic amines) is 1. The molecule has 0 unspecified atom stereocenters. The summed E-state index contributed by atoms with van der Waals surface area (Å²) in [7, 11) is 3.60. The van der Waals surface area contributed by atoms with Crippen LogP contribution in [-0.2, 0) is 11.3 Å². The van der Waals surface area contributed by atoms with Crippen molar-refractivity contribution in [1.82, 2.24) is 20.1 Å². The van der Waals surface area contributed by atoms with Crippen molar-refractivity contribution in [2.75, 3.05) is 27.2 Å². The van der Waals surface area contributed by atoms with E-state index in [9.17, 15) is 9.18 Å². The number of hydrogen-bond donors (Lipinski definition) is 1. The molecular formula is C21H27FN4O. The fourth-order valence-corrected chi connectivity index (χ4v) is 3.61. The number of rotatable bonds is 6. The number of halogens is 1. The lowest BCUT2D eigenvalue weighted by Gasteiger charge is -2.34. The Kier molecular flexibility index (Phi) is 6.53. The van der Waals surface area contributed by atoms with Gasteiger partial charge in [0.2, 0.25) is 5.91 Å². The van der Waals surface area contributed by atoms with Crippen LogP contribution >= 0.6 is 0 Å². The molecule has 0 radical (unpaired) electrons. The molecule has 3 rings (SSSR count). The zero-order valence-corrected chi connectivity index (χ0v) is 15.9. The van der Waals surface area contributed by atoms with Crippen LogP contribution in [0.2, 0.25) is 0 Å². The average Bonchev–Trinajstić information content (AvgIpc) is 2.66. The number of pyridine rings is 1. The van der Waals surface area contributed by atoms with E-state index >= 15 is 0 Å². The first-order valence-corrected chi connectivity index (χ1v) is 9.37. The quantitative estimate of drug-likeness (QED) is 0.849. The molecule has 1 fully saturated rings. The summed E-state index contributed by atoms with van der Waals surface area (Å²) in [5.41, 5.74) is 1.66. The van der Waals surface area contributed by atoms with Crippen molar-refractivity contribution >= 4 is 5.91 Å². The molecule has 1 N–H and O–H groups in total. The van der Waals surface area contributed by atoms with E-state index in [0.29, 0.717) is 5.56 Å². The first kappa shape index (κ1) is 19.5. The number of hydrogen-bond acceptors (Lipinski definition) is 4. The highest BCUT2D eigenvalue weighted by molar-refractivity contribution is 5.83. The van der Waals surface area contributed by atoms with Crippen molar-refractivity contribution < 1.29 is 9.18 Å². The van der Waals surface area contributed by atoms with Crippen LogP contribution in [0.1, 0.15) is 30.0 Å². The van der Waals surface area contributed by atoms with Crippen LogP contribution in [0.5, 0.6) is 0 Å². The maximum Gasteiger partial charge on any atom is 0.242 e. The summed E-state index contributed by atoms with van der Waals surface area (Å²) in [6, 6.07) is 10.0. The average molecular weight is 370 g/mol. The lowest BCUT2D eigenvalue weighted by molar-refractivity contribution is -0.127. The molecule has 2 aromatic rings. The van der Waals surface area contributed by atoms with E-state index in [2.05, 4.69) is 15.2 Å². The Morgan fingerprint density at radius 3 is 2.52 bits per heavy atom. The summed E-state index contributed by atoms with van der Waals surface area (Å²) in [5.74, 6) is -0.490. The molecule has 1 saturated heterocycles. The van der Waals surface area contributed by atoms with Gasteiger partial charge in [-0.15, -0.1) is 0 Å². The lowest BCUT2D eigenvalue weighted by atomic mass is 10.0. The third-order valence-corrected chi connectivity index (χ3v) is 5.05. The third-order valence-electron chi connectivity index (χ3n) is 5.05. The molecule has 2 heterocycles. The van der Waals surface area contributed by atoms with E-state index in [1.807, 2.05) is 24.5 Å². The number of amides is 1. The molecule has 1 aromatic heterocycles. The number of aromatic nitrogens is 1.